The summed E-state index contributed by atoms with van der Waals surface area (Å²) in [5.74, 6) is 1.15. The van der Waals surface area contributed by atoms with Crippen molar-refractivity contribution in [1.82, 2.24) is 14.7 Å². The maximum Gasteiger partial charge on any atom is 0.269 e. The lowest BCUT2D eigenvalue weighted by atomic mass is 10.2. The summed E-state index contributed by atoms with van der Waals surface area (Å²) in [5, 5.41) is 4.06. The van der Waals surface area contributed by atoms with Gasteiger partial charge < -0.3 is 19.3 Å². The fourth-order valence-corrected chi connectivity index (χ4v) is 2.60. The minimum absolute atomic E-state index is 0.118. The topological polar surface area (TPSA) is 76.9 Å². The molecule has 0 N–H and O–H groups in total. The molecule has 1 aromatic carbocycles. The molecule has 138 valence electrons. The quantitative estimate of drug-likeness (QED) is 0.779. The Hall–Kier alpha value is -3.03. The number of rotatable bonds is 5. The molecule has 1 aromatic heterocycles. The summed E-state index contributed by atoms with van der Waals surface area (Å²) >= 11 is 0. The number of nitrogens with zero attached hydrogens (tertiary/aromatic N) is 4. The van der Waals surface area contributed by atoms with E-state index in [1.807, 2.05) is 38.4 Å². The average Bonchev–Trinajstić information content (AvgIpc) is 2.63. The fraction of sp³-hybridized carbons (Fsp3) is 0.389. The maximum absolute atomic E-state index is 12.4. The van der Waals surface area contributed by atoms with Crippen LogP contribution in [0, 0.1) is 0 Å². The predicted molar refractivity (Wildman–Crippen MR) is 96.8 cm³/mol. The molecule has 1 aliphatic heterocycles. The number of benzene rings is 1. The lowest BCUT2D eigenvalue weighted by Crippen LogP contribution is -2.43. The van der Waals surface area contributed by atoms with Gasteiger partial charge in [0.15, 0.2) is 17.6 Å². The second-order valence-electron chi connectivity index (χ2n) is 6.38. The minimum atomic E-state index is -0.316. The Balaban J connectivity index is 1.60. The molecule has 2 aromatic rings. The van der Waals surface area contributed by atoms with Crippen LogP contribution in [0.2, 0.25) is 0 Å². The number of anilines is 1. The standard InChI is InChI=1S/C18H22N4O4/c1-20(2)13-8-17(23)22(19-9-13)11-18(24)21(3)10-14-12-25-15-6-4-5-7-16(15)26-14/h4-9,14H,10-12H2,1-3H3/t14-/m1/s1. The molecule has 26 heavy (non-hydrogen) atoms. The van der Waals surface area contributed by atoms with Crippen LogP contribution in [0.3, 0.4) is 0 Å². The monoisotopic (exact) mass is 358 g/mol. The van der Waals surface area contributed by atoms with Crippen molar-refractivity contribution in [2.75, 3.05) is 39.2 Å². The molecule has 8 heteroatoms. The van der Waals surface area contributed by atoms with E-state index >= 15 is 0 Å². The summed E-state index contributed by atoms with van der Waals surface area (Å²) in [5.41, 5.74) is 0.377. The largest absolute Gasteiger partial charge is 0.486 e. The number of aromatic nitrogens is 2. The Morgan fingerprint density at radius 3 is 2.69 bits per heavy atom. The van der Waals surface area contributed by atoms with E-state index in [4.69, 9.17) is 9.47 Å². The smallest absolute Gasteiger partial charge is 0.269 e. The van der Waals surface area contributed by atoms with Gasteiger partial charge in [-0.3, -0.25) is 9.59 Å². The molecule has 3 rings (SSSR count). The third-order valence-electron chi connectivity index (χ3n) is 4.13. The van der Waals surface area contributed by atoms with Gasteiger partial charge in [-0.15, -0.1) is 0 Å². The number of fused-ring (bicyclic) bond motifs is 1. The van der Waals surface area contributed by atoms with Gasteiger partial charge in [0.1, 0.15) is 13.2 Å². The number of para-hydroxylation sites is 2. The van der Waals surface area contributed by atoms with E-state index in [1.54, 1.807) is 18.1 Å². The summed E-state index contributed by atoms with van der Waals surface area (Å²) < 4.78 is 12.7. The van der Waals surface area contributed by atoms with E-state index in [2.05, 4.69) is 5.10 Å². The number of hydrogen-bond acceptors (Lipinski definition) is 6. The van der Waals surface area contributed by atoms with E-state index in [1.165, 1.54) is 11.0 Å². The number of carbonyl (C=O) groups is 1. The summed E-state index contributed by atoms with van der Waals surface area (Å²) in [6, 6.07) is 8.88. The van der Waals surface area contributed by atoms with Crippen molar-refractivity contribution in [3.63, 3.8) is 0 Å². The van der Waals surface area contributed by atoms with Crippen LogP contribution in [0.5, 0.6) is 11.5 Å². The molecule has 0 saturated carbocycles. The Morgan fingerprint density at radius 1 is 1.27 bits per heavy atom. The molecule has 0 bridgehead atoms. The van der Waals surface area contributed by atoms with Gasteiger partial charge in [0, 0.05) is 27.2 Å². The maximum atomic E-state index is 12.4. The van der Waals surface area contributed by atoms with Crippen molar-refractivity contribution < 1.29 is 14.3 Å². The van der Waals surface area contributed by atoms with E-state index in [-0.39, 0.29) is 24.1 Å². The molecule has 0 spiro atoms. The van der Waals surface area contributed by atoms with E-state index in [0.717, 1.165) is 4.68 Å². The van der Waals surface area contributed by atoms with Crippen LogP contribution in [-0.2, 0) is 11.3 Å². The van der Waals surface area contributed by atoms with Crippen molar-refractivity contribution >= 4 is 11.6 Å². The van der Waals surface area contributed by atoms with Gasteiger partial charge in [-0.05, 0) is 12.1 Å². The third kappa shape index (κ3) is 3.96. The first-order valence-corrected chi connectivity index (χ1v) is 8.31. The van der Waals surface area contributed by atoms with Crippen LogP contribution in [0.15, 0.2) is 41.3 Å². The van der Waals surface area contributed by atoms with Gasteiger partial charge in [-0.2, -0.15) is 5.10 Å². The molecule has 1 aliphatic rings. The fourth-order valence-electron chi connectivity index (χ4n) is 2.60. The zero-order valence-corrected chi connectivity index (χ0v) is 15.1. The molecule has 0 saturated heterocycles. The van der Waals surface area contributed by atoms with Crippen molar-refractivity contribution in [2.45, 2.75) is 12.6 Å². The summed E-state index contributed by atoms with van der Waals surface area (Å²) in [6.07, 6.45) is 1.30. The zero-order chi connectivity index (χ0) is 18.7. The number of hydrogen-bond donors (Lipinski definition) is 0. The Morgan fingerprint density at radius 2 is 2.00 bits per heavy atom. The SMILES string of the molecule is CN(C[C@@H]1COc2ccccc2O1)C(=O)Cn1ncc(N(C)C)cc1=O. The minimum Gasteiger partial charge on any atom is -0.486 e. The lowest BCUT2D eigenvalue weighted by Gasteiger charge is -2.29. The Labute approximate surface area is 151 Å². The van der Waals surface area contributed by atoms with Gasteiger partial charge in [0.25, 0.3) is 5.56 Å². The average molecular weight is 358 g/mol. The van der Waals surface area contributed by atoms with Gasteiger partial charge in [0.2, 0.25) is 5.91 Å². The second kappa shape index (κ2) is 7.47. The first-order chi connectivity index (χ1) is 12.4. The van der Waals surface area contributed by atoms with Gasteiger partial charge in [-0.1, -0.05) is 12.1 Å². The number of carbonyl (C=O) groups excluding carboxylic acids is 1. The molecular formula is C18H22N4O4. The van der Waals surface area contributed by atoms with Crippen LogP contribution in [0.25, 0.3) is 0 Å². The highest BCUT2D eigenvalue weighted by atomic mass is 16.6. The van der Waals surface area contributed by atoms with Crippen molar-refractivity contribution in [2.24, 2.45) is 0 Å². The Kier molecular flexibility index (Phi) is 5.11. The van der Waals surface area contributed by atoms with E-state index in [9.17, 15) is 9.59 Å². The first-order valence-electron chi connectivity index (χ1n) is 8.31. The lowest BCUT2D eigenvalue weighted by molar-refractivity contribution is -0.132. The predicted octanol–water partition coefficient (Wildman–Crippen LogP) is 0.608. The molecule has 0 unspecified atom stereocenters. The van der Waals surface area contributed by atoms with Crippen LogP contribution in [0.1, 0.15) is 0 Å². The van der Waals surface area contributed by atoms with E-state index in [0.29, 0.717) is 30.3 Å². The van der Waals surface area contributed by atoms with Crippen molar-refractivity contribution in [3.8, 4) is 11.5 Å². The molecule has 0 aliphatic carbocycles. The normalized spacial score (nSPS) is 15.4. The summed E-state index contributed by atoms with van der Waals surface area (Å²) in [6.45, 7) is 0.606. The molecular weight excluding hydrogens is 336 g/mol. The van der Waals surface area contributed by atoms with Crippen molar-refractivity contribution in [3.05, 3.63) is 46.9 Å². The van der Waals surface area contributed by atoms with Crippen LogP contribution >= 0.6 is 0 Å². The number of ether oxygens (including phenoxy) is 2. The number of likely N-dealkylation sites (N-methyl/N-ethyl adjacent to an activating group) is 1. The third-order valence-corrected chi connectivity index (χ3v) is 4.13. The van der Waals surface area contributed by atoms with E-state index < -0.39 is 0 Å². The zero-order valence-electron chi connectivity index (χ0n) is 15.1. The van der Waals surface area contributed by atoms with Crippen LogP contribution in [0.4, 0.5) is 5.69 Å². The van der Waals surface area contributed by atoms with Crippen molar-refractivity contribution in [1.29, 1.82) is 0 Å². The molecule has 2 heterocycles. The first kappa shape index (κ1) is 17.8. The van der Waals surface area contributed by atoms with Gasteiger partial charge in [-0.25, -0.2) is 4.68 Å². The highest BCUT2D eigenvalue weighted by Crippen LogP contribution is 2.30. The highest BCUT2D eigenvalue weighted by Gasteiger charge is 2.24. The van der Waals surface area contributed by atoms with Crippen LogP contribution < -0.4 is 19.9 Å². The van der Waals surface area contributed by atoms with Gasteiger partial charge >= 0.3 is 0 Å². The number of amides is 1. The Bertz CT molecular complexity index is 849. The summed E-state index contributed by atoms with van der Waals surface area (Å²) in [4.78, 5) is 27.8. The van der Waals surface area contributed by atoms with Gasteiger partial charge in [0.05, 0.1) is 18.4 Å². The molecule has 1 atom stereocenters. The molecule has 1 amide bonds. The molecule has 8 nitrogen and oxygen atoms in total. The molecule has 0 radical (unpaired) electrons. The van der Waals surface area contributed by atoms with Crippen LogP contribution in [-0.4, -0.2) is 61.0 Å². The second-order valence-corrected chi connectivity index (χ2v) is 6.38. The summed E-state index contributed by atoms with van der Waals surface area (Å²) in [7, 11) is 5.32. The molecule has 0 fully saturated rings. The highest BCUT2D eigenvalue weighted by molar-refractivity contribution is 5.75.